The highest BCUT2D eigenvalue weighted by Crippen LogP contribution is 2.29. The van der Waals surface area contributed by atoms with Crippen molar-refractivity contribution in [2.75, 3.05) is 32.0 Å². The Kier molecular flexibility index (Phi) is 7.07. The molecule has 144 valence electrons. The van der Waals surface area contributed by atoms with Crippen LogP contribution >= 0.6 is 11.6 Å². The predicted molar refractivity (Wildman–Crippen MR) is 110 cm³/mol. The lowest BCUT2D eigenvalue weighted by molar-refractivity contribution is 0.0933. The maximum Gasteiger partial charge on any atom is 0.251 e. The molecular formula is C21H27ClN4O. The lowest BCUT2D eigenvalue weighted by Crippen LogP contribution is -2.38. The van der Waals surface area contributed by atoms with Crippen molar-refractivity contribution >= 4 is 23.3 Å². The molecule has 1 aliphatic heterocycles. The van der Waals surface area contributed by atoms with Gasteiger partial charge in [-0.05, 0) is 49.7 Å². The van der Waals surface area contributed by atoms with Crippen LogP contribution in [0.4, 0.5) is 5.82 Å². The molecule has 27 heavy (non-hydrogen) atoms. The number of nitrogens with zero attached hydrogens (tertiary/aromatic N) is 2. The molecule has 0 unspecified atom stereocenters. The number of rotatable bonds is 6. The lowest BCUT2D eigenvalue weighted by atomic mass is 10.0. The molecular weight excluding hydrogens is 360 g/mol. The summed E-state index contributed by atoms with van der Waals surface area (Å²) in [6, 6.07) is 11.5. The lowest BCUT2D eigenvalue weighted by Gasteiger charge is -2.31. The van der Waals surface area contributed by atoms with E-state index in [1.165, 1.54) is 25.7 Å². The van der Waals surface area contributed by atoms with E-state index in [4.69, 9.17) is 11.6 Å². The average Bonchev–Trinajstić information content (AvgIpc) is 2.99. The van der Waals surface area contributed by atoms with Gasteiger partial charge in [-0.15, -0.1) is 0 Å². The van der Waals surface area contributed by atoms with E-state index in [0.29, 0.717) is 17.9 Å². The normalized spacial score (nSPS) is 16.4. The summed E-state index contributed by atoms with van der Waals surface area (Å²) in [5.41, 5.74) is 1.68. The third kappa shape index (κ3) is 5.21. The number of carbonyl (C=O) groups excluding carboxylic acids is 1. The van der Waals surface area contributed by atoms with E-state index < -0.39 is 0 Å². The molecule has 0 radical (unpaired) electrons. The maximum absolute atomic E-state index is 12.7. The van der Waals surface area contributed by atoms with Crippen LogP contribution in [-0.2, 0) is 0 Å². The predicted octanol–water partition coefficient (Wildman–Crippen LogP) is 4.12. The molecule has 1 aliphatic rings. The first-order valence-electron chi connectivity index (χ1n) is 9.59. The minimum absolute atomic E-state index is 0.0753. The summed E-state index contributed by atoms with van der Waals surface area (Å²) in [4.78, 5) is 19.3. The summed E-state index contributed by atoms with van der Waals surface area (Å²) in [5, 5.41) is 6.81. The molecule has 5 nitrogen and oxygen atoms in total. The number of carbonyl (C=O) groups is 1. The van der Waals surface area contributed by atoms with Gasteiger partial charge in [-0.2, -0.15) is 0 Å². The molecule has 0 aliphatic carbocycles. The molecule has 2 N–H and O–H groups in total. The summed E-state index contributed by atoms with van der Waals surface area (Å²) in [5.74, 6) is 0.582. The Morgan fingerprint density at radius 1 is 1.19 bits per heavy atom. The van der Waals surface area contributed by atoms with Crippen LogP contribution in [0.5, 0.6) is 0 Å². The number of likely N-dealkylation sites (tertiary alicyclic amines) is 1. The molecule has 1 fully saturated rings. The Hall–Kier alpha value is -2.11. The summed E-state index contributed by atoms with van der Waals surface area (Å²) < 4.78 is 0. The first-order chi connectivity index (χ1) is 13.2. The van der Waals surface area contributed by atoms with Gasteiger partial charge < -0.3 is 10.6 Å². The van der Waals surface area contributed by atoms with Gasteiger partial charge in [0.25, 0.3) is 5.91 Å². The van der Waals surface area contributed by atoms with Gasteiger partial charge in [-0.25, -0.2) is 4.98 Å². The van der Waals surface area contributed by atoms with E-state index in [2.05, 4.69) is 26.6 Å². The van der Waals surface area contributed by atoms with Crippen LogP contribution in [0.3, 0.4) is 0 Å². The van der Waals surface area contributed by atoms with Gasteiger partial charge >= 0.3 is 0 Å². The van der Waals surface area contributed by atoms with Gasteiger partial charge in [0.05, 0.1) is 6.04 Å². The zero-order chi connectivity index (χ0) is 19.1. The van der Waals surface area contributed by atoms with Gasteiger partial charge in [-0.3, -0.25) is 9.69 Å². The largest absolute Gasteiger partial charge is 0.373 e. The molecule has 0 bridgehead atoms. The molecule has 0 spiro atoms. The number of hydrogen-bond acceptors (Lipinski definition) is 4. The highest BCUT2D eigenvalue weighted by atomic mass is 35.5. The number of amides is 1. The second-order valence-corrected chi connectivity index (χ2v) is 7.28. The van der Waals surface area contributed by atoms with E-state index in [9.17, 15) is 4.79 Å². The quantitative estimate of drug-likeness (QED) is 0.783. The number of pyridine rings is 1. The molecule has 1 amide bonds. The van der Waals surface area contributed by atoms with Crippen LogP contribution in [0.25, 0.3) is 0 Å². The Balaban J connectivity index is 1.76. The van der Waals surface area contributed by atoms with Gasteiger partial charge in [0.2, 0.25) is 0 Å². The van der Waals surface area contributed by atoms with Crippen LogP contribution in [0.1, 0.15) is 47.6 Å². The van der Waals surface area contributed by atoms with E-state index in [-0.39, 0.29) is 11.9 Å². The molecule has 1 saturated heterocycles. The first kappa shape index (κ1) is 19.6. The average molecular weight is 387 g/mol. The molecule has 1 aromatic heterocycles. The molecule has 1 atom stereocenters. The minimum Gasteiger partial charge on any atom is -0.373 e. The van der Waals surface area contributed by atoms with E-state index in [1.807, 2.05) is 18.2 Å². The molecule has 0 saturated carbocycles. The summed E-state index contributed by atoms with van der Waals surface area (Å²) in [6.07, 6.45) is 6.54. The second-order valence-electron chi connectivity index (χ2n) is 6.88. The Bertz CT molecular complexity index is 759. The van der Waals surface area contributed by atoms with Crippen molar-refractivity contribution in [3.8, 4) is 0 Å². The van der Waals surface area contributed by atoms with Crippen molar-refractivity contribution < 1.29 is 4.79 Å². The van der Waals surface area contributed by atoms with Crippen molar-refractivity contribution in [1.82, 2.24) is 15.2 Å². The number of nitrogens with one attached hydrogen (secondary N) is 2. The summed E-state index contributed by atoms with van der Waals surface area (Å²) in [6.45, 7) is 2.59. The van der Waals surface area contributed by atoms with Gasteiger partial charge in [0.15, 0.2) is 0 Å². The smallest absolute Gasteiger partial charge is 0.251 e. The van der Waals surface area contributed by atoms with E-state index in [1.54, 1.807) is 25.4 Å². The topological polar surface area (TPSA) is 57.3 Å². The maximum atomic E-state index is 12.7. The third-order valence-electron chi connectivity index (χ3n) is 5.08. The standard InChI is InChI=1S/C21H27ClN4O/c1-23-20-14-16(10-11-24-20)21(27)25-15-19(17-8-4-5-9-18(17)22)26-12-6-2-3-7-13-26/h4-5,8-11,14,19H,2-3,6-7,12-13,15H2,1H3,(H,23,24)(H,25,27)/t19-/m0/s1. The first-order valence-corrected chi connectivity index (χ1v) is 9.97. The fourth-order valence-electron chi connectivity index (χ4n) is 3.59. The van der Waals surface area contributed by atoms with Crippen molar-refractivity contribution in [2.45, 2.75) is 31.7 Å². The minimum atomic E-state index is -0.0965. The van der Waals surface area contributed by atoms with Gasteiger partial charge in [0, 0.05) is 30.4 Å². The van der Waals surface area contributed by atoms with Crippen LogP contribution in [0, 0.1) is 0 Å². The van der Waals surface area contributed by atoms with Crippen LogP contribution in [0.15, 0.2) is 42.6 Å². The molecule has 6 heteroatoms. The van der Waals surface area contributed by atoms with Crippen molar-refractivity contribution in [3.63, 3.8) is 0 Å². The highest BCUT2D eigenvalue weighted by molar-refractivity contribution is 6.31. The van der Waals surface area contributed by atoms with E-state index in [0.717, 1.165) is 23.7 Å². The van der Waals surface area contributed by atoms with Crippen LogP contribution < -0.4 is 10.6 Å². The summed E-state index contributed by atoms with van der Waals surface area (Å²) >= 11 is 6.49. The highest BCUT2D eigenvalue weighted by Gasteiger charge is 2.24. The fourth-order valence-corrected chi connectivity index (χ4v) is 3.85. The number of benzene rings is 1. The fraction of sp³-hybridized carbons (Fsp3) is 0.429. The van der Waals surface area contributed by atoms with Crippen molar-refractivity contribution in [3.05, 3.63) is 58.7 Å². The van der Waals surface area contributed by atoms with E-state index >= 15 is 0 Å². The second kappa shape index (κ2) is 9.72. The number of halogens is 1. The molecule has 3 rings (SSSR count). The van der Waals surface area contributed by atoms with Gasteiger partial charge in [0.1, 0.15) is 5.82 Å². The Morgan fingerprint density at radius 2 is 1.93 bits per heavy atom. The Labute approximate surface area is 166 Å². The molecule has 2 heterocycles. The number of hydrogen-bond donors (Lipinski definition) is 2. The van der Waals surface area contributed by atoms with Crippen LogP contribution in [0.2, 0.25) is 5.02 Å². The molecule has 2 aromatic rings. The Morgan fingerprint density at radius 3 is 2.63 bits per heavy atom. The zero-order valence-electron chi connectivity index (χ0n) is 15.7. The number of anilines is 1. The third-order valence-corrected chi connectivity index (χ3v) is 5.42. The van der Waals surface area contributed by atoms with Crippen molar-refractivity contribution in [1.29, 1.82) is 0 Å². The van der Waals surface area contributed by atoms with Crippen molar-refractivity contribution in [2.24, 2.45) is 0 Å². The van der Waals surface area contributed by atoms with Crippen LogP contribution in [-0.4, -0.2) is 42.5 Å². The summed E-state index contributed by atoms with van der Waals surface area (Å²) in [7, 11) is 1.79. The monoisotopic (exact) mass is 386 g/mol. The number of aromatic nitrogens is 1. The molecule has 1 aromatic carbocycles. The van der Waals surface area contributed by atoms with Gasteiger partial charge in [-0.1, -0.05) is 42.6 Å². The zero-order valence-corrected chi connectivity index (χ0v) is 16.5. The SMILES string of the molecule is CNc1cc(C(=O)NC[C@@H](c2ccccc2Cl)N2CCCCCC2)ccn1.